The molecule has 0 unspecified atom stereocenters. The van der Waals surface area contributed by atoms with Crippen molar-refractivity contribution in [3.8, 4) is 0 Å². The van der Waals surface area contributed by atoms with E-state index < -0.39 is 0 Å². The van der Waals surface area contributed by atoms with Gasteiger partial charge in [-0.2, -0.15) is 42.7 Å². The molecule has 0 aliphatic rings. The highest BCUT2D eigenvalue weighted by Gasteiger charge is 1.91. The normalized spacial score (nSPS) is 9.09. The van der Waals surface area contributed by atoms with Crippen LogP contribution < -0.4 is 0 Å². The van der Waals surface area contributed by atoms with Crippen molar-refractivity contribution in [2.45, 2.75) is 76.2 Å². The van der Waals surface area contributed by atoms with E-state index in [1.807, 2.05) is 138 Å². The summed E-state index contributed by atoms with van der Waals surface area (Å²) >= 11 is 2.51. The molecule has 0 aliphatic carbocycles. The van der Waals surface area contributed by atoms with Gasteiger partial charge in [0.2, 0.25) is 0 Å². The van der Waals surface area contributed by atoms with Crippen LogP contribution in [0, 0.1) is 76.2 Å². The van der Waals surface area contributed by atoms with Crippen LogP contribution in [0.15, 0.2) is 129 Å². The lowest BCUT2D eigenvalue weighted by molar-refractivity contribution is 0.654. The third kappa shape index (κ3) is 33.4. The predicted molar refractivity (Wildman–Crippen MR) is 273 cm³/mol. The molecule has 20 nitrogen and oxygen atoms in total. The van der Waals surface area contributed by atoms with Gasteiger partial charge < -0.3 is 0 Å². The number of aromatic nitrogens is 20. The molecule has 0 aromatic carbocycles. The van der Waals surface area contributed by atoms with Gasteiger partial charge in [0.15, 0.2) is 0 Å². The van der Waals surface area contributed by atoms with Crippen molar-refractivity contribution in [1.29, 1.82) is 0 Å². The molecule has 10 heterocycles. The highest BCUT2D eigenvalue weighted by Crippen LogP contribution is 2.00. The summed E-state index contributed by atoms with van der Waals surface area (Å²) in [7, 11) is 7.28. The van der Waals surface area contributed by atoms with Crippen LogP contribution in [-0.4, -0.2) is 96.9 Å². The highest BCUT2D eigenvalue weighted by atomic mass is 32.1. The zero-order valence-corrected chi connectivity index (χ0v) is 44.0. The first kappa shape index (κ1) is 59.3. The van der Waals surface area contributed by atoms with Crippen molar-refractivity contribution >= 4 is 23.5 Å². The molecule has 0 aliphatic heterocycles. The SMILES string of the molecule is Cc1ccc(C)nc1.Cc1ccccn1.Cc1cccnc1C.Cc1ccnc(C)c1.Cc1cnsn1.Cc1ncn(C)n1.Cc1nsnc1C.Cn1ccnn1.Cn1cncn1.Cn1nccn1. The number of nitrogens with zero attached hydrogens (tertiary/aromatic N) is 20. The van der Waals surface area contributed by atoms with Crippen molar-refractivity contribution in [1.82, 2.24) is 96.9 Å². The second-order valence-electron chi connectivity index (χ2n) is 14.4. The Morgan fingerprint density at radius 2 is 1.14 bits per heavy atom. The fraction of sp³-hybridized carbons (Fsp3) is 0.319. The fourth-order valence-electron chi connectivity index (χ4n) is 3.99. The van der Waals surface area contributed by atoms with E-state index in [0.717, 1.165) is 45.7 Å². The number of aryl methyl sites for hydroxylation is 15. The molecule has 22 heteroatoms. The zero-order valence-electron chi connectivity index (χ0n) is 42.4. The molecule has 0 atom stereocenters. The Morgan fingerprint density at radius 1 is 0.464 bits per heavy atom. The van der Waals surface area contributed by atoms with Crippen LogP contribution in [0.25, 0.3) is 0 Å². The fourth-order valence-corrected chi connectivity index (χ4v) is 4.97. The van der Waals surface area contributed by atoms with Crippen molar-refractivity contribution in [3.63, 3.8) is 0 Å². The molecular formula is C47H66N20S2. The Bertz CT molecular complexity index is 2440. The molecule has 0 bridgehead atoms. The largest absolute Gasteiger partial charge is 0.262 e. The minimum absolute atomic E-state index is 0.822. The maximum Gasteiger partial charge on any atom is 0.147 e. The van der Waals surface area contributed by atoms with E-state index in [4.69, 9.17) is 0 Å². The lowest BCUT2D eigenvalue weighted by Crippen LogP contribution is -1.89. The Balaban J connectivity index is 0.000000384. The minimum Gasteiger partial charge on any atom is -0.262 e. The third-order valence-electron chi connectivity index (χ3n) is 7.87. The molecule has 69 heavy (non-hydrogen) atoms. The van der Waals surface area contributed by atoms with Gasteiger partial charge in [-0.3, -0.25) is 34.0 Å². The van der Waals surface area contributed by atoms with Gasteiger partial charge in [-0.25, -0.2) is 9.97 Å². The van der Waals surface area contributed by atoms with Crippen LogP contribution >= 0.6 is 23.5 Å². The van der Waals surface area contributed by atoms with Crippen LogP contribution in [0.2, 0.25) is 0 Å². The molecule has 10 aromatic rings. The van der Waals surface area contributed by atoms with E-state index in [1.165, 1.54) is 51.3 Å². The van der Waals surface area contributed by atoms with Gasteiger partial charge >= 0.3 is 0 Å². The molecule has 10 aromatic heterocycles. The maximum atomic E-state index is 4.08. The molecule has 0 fully saturated rings. The van der Waals surface area contributed by atoms with Crippen LogP contribution in [0.4, 0.5) is 0 Å². The first-order valence-corrected chi connectivity index (χ1v) is 22.7. The topological polar surface area (TPSA) is 226 Å². The summed E-state index contributed by atoms with van der Waals surface area (Å²) < 4.78 is 20.4. The van der Waals surface area contributed by atoms with E-state index in [-0.39, 0.29) is 0 Å². The van der Waals surface area contributed by atoms with Gasteiger partial charge in [0.25, 0.3) is 0 Å². The summed E-state index contributed by atoms with van der Waals surface area (Å²) in [6, 6.07) is 18.0. The van der Waals surface area contributed by atoms with Crippen LogP contribution in [0.1, 0.15) is 62.4 Å². The van der Waals surface area contributed by atoms with Gasteiger partial charge in [-0.15, -0.1) is 5.10 Å². The summed E-state index contributed by atoms with van der Waals surface area (Å²) in [5.41, 5.74) is 11.2. The average Bonchev–Trinajstić information content (AvgIpc) is 4.22. The van der Waals surface area contributed by atoms with Crippen molar-refractivity contribution in [2.24, 2.45) is 28.2 Å². The summed E-state index contributed by atoms with van der Waals surface area (Å²) in [6.07, 6.45) is 20.5. The van der Waals surface area contributed by atoms with Crippen molar-refractivity contribution < 1.29 is 0 Å². The Morgan fingerprint density at radius 3 is 1.39 bits per heavy atom. The lowest BCUT2D eigenvalue weighted by atomic mass is 10.2. The molecule has 0 N–H and O–H groups in total. The first-order chi connectivity index (χ1) is 32.9. The summed E-state index contributed by atoms with van der Waals surface area (Å²) in [4.78, 5) is 25.2. The summed E-state index contributed by atoms with van der Waals surface area (Å²) in [5.74, 6) is 0.822. The van der Waals surface area contributed by atoms with Crippen molar-refractivity contribution in [2.75, 3.05) is 0 Å². The number of hydrogen-bond acceptors (Lipinski definition) is 18. The molecule has 0 amide bonds. The standard InChI is InChI=1S/3C7H9N.C6H7N.C4H7N3.C4H6N2S.3C3H5N3.C3H4N2S/c1-6-3-4-8-7(2)5-6;1-6-3-4-7(2)8-5-6;1-6-4-3-5-8-7(6)2;1-6-4-2-3-5-7-6;1-4-5-3-7(2)6-4;1-3-4(2)6-7-5-3;1-6-3-4-2-5-6;1-6-3-2-4-5-6;1-6-4-2-3-5-6;1-3-2-4-6-5-3/h3*3-5H,1-2H3;2-5H,1H3;3H,1-2H3;1-2H3;3*2-3H,1H3;2H,1H3. The molecule has 0 saturated heterocycles. The molecular weight excluding hydrogens is 909 g/mol. The monoisotopic (exact) mass is 975 g/mol. The smallest absolute Gasteiger partial charge is 0.147 e. The van der Waals surface area contributed by atoms with E-state index in [1.54, 1.807) is 70.9 Å². The first-order valence-electron chi connectivity index (χ1n) is 21.2. The van der Waals surface area contributed by atoms with Gasteiger partial charge in [0.05, 0.1) is 65.3 Å². The second-order valence-corrected chi connectivity index (χ2v) is 15.5. The van der Waals surface area contributed by atoms with Gasteiger partial charge in [0, 0.05) is 82.0 Å². The van der Waals surface area contributed by atoms with Crippen LogP contribution in [0.3, 0.4) is 0 Å². The summed E-state index contributed by atoms with van der Waals surface area (Å²) in [5, 5.41) is 22.2. The summed E-state index contributed by atoms with van der Waals surface area (Å²) in [6.45, 7) is 21.8. The number of hydrogen-bond donors (Lipinski definition) is 0. The Hall–Kier alpha value is -7.72. The Labute approximate surface area is 414 Å². The molecule has 0 saturated carbocycles. The maximum absolute atomic E-state index is 4.08. The molecule has 0 spiro atoms. The average molecular weight is 975 g/mol. The van der Waals surface area contributed by atoms with E-state index in [0.29, 0.717) is 0 Å². The molecule has 366 valence electrons. The van der Waals surface area contributed by atoms with E-state index in [9.17, 15) is 0 Å². The van der Waals surface area contributed by atoms with Crippen LogP contribution in [-0.2, 0) is 28.2 Å². The lowest BCUT2D eigenvalue weighted by Gasteiger charge is -1.92. The minimum atomic E-state index is 0.822. The zero-order chi connectivity index (χ0) is 51.2. The number of pyridine rings is 4. The predicted octanol–water partition coefficient (Wildman–Crippen LogP) is 8.06. The van der Waals surface area contributed by atoms with Gasteiger partial charge in [0.1, 0.15) is 24.8 Å². The van der Waals surface area contributed by atoms with Crippen molar-refractivity contribution in [3.05, 3.63) is 192 Å². The van der Waals surface area contributed by atoms with E-state index in [2.05, 4.69) is 110 Å². The van der Waals surface area contributed by atoms with Gasteiger partial charge in [-0.1, -0.05) is 23.4 Å². The molecule has 0 radical (unpaired) electrons. The number of rotatable bonds is 0. The molecule has 10 rings (SSSR count). The van der Waals surface area contributed by atoms with Crippen LogP contribution in [0.5, 0.6) is 0 Å². The third-order valence-corrected chi connectivity index (χ3v) is 9.15. The van der Waals surface area contributed by atoms with Gasteiger partial charge in [-0.05, 0) is 129 Å². The highest BCUT2D eigenvalue weighted by molar-refractivity contribution is 6.99. The Kier molecular flexibility index (Phi) is 31.3. The quantitative estimate of drug-likeness (QED) is 0.140. The van der Waals surface area contributed by atoms with E-state index >= 15 is 0 Å². The second kappa shape index (κ2) is 36.4.